The largest absolute Gasteiger partial charge is 0.362 e. The molecule has 3 rings (SSSR count). The van der Waals surface area contributed by atoms with E-state index in [1.807, 2.05) is 20.9 Å². The minimum atomic E-state index is -0.270. The second-order valence-electron chi connectivity index (χ2n) is 5.46. The monoisotopic (exact) mass is 342 g/mol. The molecule has 0 unspecified atom stereocenters. The SMILES string of the molecule is Cc1nn(C)c(C)c1NC(=O)COCc1nc(-c2ccncc2)no1. The lowest BCUT2D eigenvalue weighted by Gasteiger charge is -2.05. The molecule has 0 aliphatic heterocycles. The number of aromatic nitrogens is 5. The van der Waals surface area contributed by atoms with Crippen molar-refractivity contribution in [3.63, 3.8) is 0 Å². The van der Waals surface area contributed by atoms with Crippen LogP contribution in [0.3, 0.4) is 0 Å². The van der Waals surface area contributed by atoms with Crippen LogP contribution in [0.2, 0.25) is 0 Å². The molecule has 3 heterocycles. The van der Waals surface area contributed by atoms with Crippen molar-refractivity contribution in [2.75, 3.05) is 11.9 Å². The molecule has 0 spiro atoms. The molecular weight excluding hydrogens is 324 g/mol. The zero-order valence-corrected chi connectivity index (χ0v) is 14.2. The molecule has 0 atom stereocenters. The fraction of sp³-hybridized carbons (Fsp3) is 0.312. The van der Waals surface area contributed by atoms with Gasteiger partial charge in [0.1, 0.15) is 13.2 Å². The molecule has 9 heteroatoms. The van der Waals surface area contributed by atoms with Crippen molar-refractivity contribution in [3.05, 3.63) is 41.8 Å². The number of ether oxygens (including phenoxy) is 1. The third kappa shape index (κ3) is 3.89. The maximum absolute atomic E-state index is 12.0. The fourth-order valence-corrected chi connectivity index (χ4v) is 2.29. The van der Waals surface area contributed by atoms with Crippen molar-refractivity contribution in [1.82, 2.24) is 24.9 Å². The average Bonchev–Trinajstić information content (AvgIpc) is 3.16. The highest BCUT2D eigenvalue weighted by atomic mass is 16.5. The van der Waals surface area contributed by atoms with Crippen LogP contribution in [0.1, 0.15) is 17.3 Å². The highest BCUT2D eigenvalue weighted by Gasteiger charge is 2.13. The Bertz CT molecular complexity index is 871. The number of pyridine rings is 1. The van der Waals surface area contributed by atoms with Crippen LogP contribution in [-0.2, 0) is 23.2 Å². The Labute approximate surface area is 144 Å². The van der Waals surface area contributed by atoms with Crippen LogP contribution in [0.15, 0.2) is 29.0 Å². The number of aryl methyl sites for hydroxylation is 2. The van der Waals surface area contributed by atoms with Gasteiger partial charge in [0.25, 0.3) is 5.89 Å². The summed E-state index contributed by atoms with van der Waals surface area (Å²) < 4.78 is 12.2. The molecule has 9 nitrogen and oxygen atoms in total. The molecule has 0 aromatic carbocycles. The molecule has 130 valence electrons. The number of carbonyl (C=O) groups excluding carboxylic acids is 1. The van der Waals surface area contributed by atoms with Crippen molar-refractivity contribution in [2.45, 2.75) is 20.5 Å². The Kier molecular flexibility index (Phi) is 4.85. The number of amides is 1. The summed E-state index contributed by atoms with van der Waals surface area (Å²) in [5, 5.41) is 10.9. The van der Waals surface area contributed by atoms with Gasteiger partial charge >= 0.3 is 0 Å². The predicted octanol–water partition coefficient (Wildman–Crippen LogP) is 1.64. The Morgan fingerprint density at radius 3 is 2.76 bits per heavy atom. The molecule has 0 saturated heterocycles. The molecule has 1 amide bonds. The standard InChI is InChI=1S/C16H18N6O3/c1-10-15(11(2)22(3)20-10)18-13(23)8-24-9-14-19-16(21-25-14)12-4-6-17-7-5-12/h4-7H,8-9H2,1-3H3,(H,18,23). The molecule has 25 heavy (non-hydrogen) atoms. The summed E-state index contributed by atoms with van der Waals surface area (Å²) in [6, 6.07) is 3.56. The van der Waals surface area contributed by atoms with Gasteiger partial charge < -0.3 is 14.6 Å². The normalized spacial score (nSPS) is 10.8. The Morgan fingerprint density at radius 2 is 2.08 bits per heavy atom. The summed E-state index contributed by atoms with van der Waals surface area (Å²) in [6.07, 6.45) is 3.29. The molecule has 0 aliphatic rings. The second kappa shape index (κ2) is 7.22. The summed E-state index contributed by atoms with van der Waals surface area (Å²) in [6.45, 7) is 3.65. The van der Waals surface area contributed by atoms with Crippen LogP contribution in [-0.4, -0.2) is 37.4 Å². The molecule has 3 aromatic rings. The van der Waals surface area contributed by atoms with Gasteiger partial charge in [-0.25, -0.2) is 0 Å². The molecule has 1 N–H and O–H groups in total. The van der Waals surface area contributed by atoms with Gasteiger partial charge in [0.2, 0.25) is 11.7 Å². The minimum Gasteiger partial charge on any atom is -0.362 e. The van der Waals surface area contributed by atoms with Crippen LogP contribution in [0.25, 0.3) is 11.4 Å². The first-order chi connectivity index (χ1) is 12.0. The maximum Gasteiger partial charge on any atom is 0.252 e. The zero-order chi connectivity index (χ0) is 17.8. The van der Waals surface area contributed by atoms with Gasteiger partial charge in [0.15, 0.2) is 0 Å². The maximum atomic E-state index is 12.0. The highest BCUT2D eigenvalue weighted by Crippen LogP contribution is 2.18. The highest BCUT2D eigenvalue weighted by molar-refractivity contribution is 5.92. The van der Waals surface area contributed by atoms with Crippen molar-refractivity contribution in [3.8, 4) is 11.4 Å². The Balaban J connectivity index is 1.51. The van der Waals surface area contributed by atoms with E-state index in [1.54, 1.807) is 29.2 Å². The van der Waals surface area contributed by atoms with E-state index in [0.29, 0.717) is 17.4 Å². The third-order valence-electron chi connectivity index (χ3n) is 3.64. The Hall–Kier alpha value is -3.07. The number of nitrogens with one attached hydrogen (secondary N) is 1. The second-order valence-corrected chi connectivity index (χ2v) is 5.46. The summed E-state index contributed by atoms with van der Waals surface area (Å²) in [5.74, 6) is 0.480. The summed E-state index contributed by atoms with van der Waals surface area (Å²) >= 11 is 0. The van der Waals surface area contributed by atoms with Gasteiger partial charge in [-0.3, -0.25) is 14.5 Å². The summed E-state index contributed by atoms with van der Waals surface area (Å²) in [5.41, 5.74) is 3.14. The first-order valence-electron chi connectivity index (χ1n) is 7.65. The lowest BCUT2D eigenvalue weighted by atomic mass is 10.2. The number of rotatable bonds is 6. The number of carbonyl (C=O) groups is 1. The van der Waals surface area contributed by atoms with Gasteiger partial charge in [0, 0.05) is 25.0 Å². The molecular formula is C16H18N6O3. The van der Waals surface area contributed by atoms with Gasteiger partial charge in [-0.15, -0.1) is 0 Å². The number of nitrogens with zero attached hydrogens (tertiary/aromatic N) is 5. The minimum absolute atomic E-state index is 0.0521. The fourth-order valence-electron chi connectivity index (χ4n) is 2.29. The lowest BCUT2D eigenvalue weighted by Crippen LogP contribution is -2.19. The molecule has 3 aromatic heterocycles. The van der Waals surface area contributed by atoms with Crippen LogP contribution < -0.4 is 5.32 Å². The first-order valence-corrected chi connectivity index (χ1v) is 7.65. The van der Waals surface area contributed by atoms with Crippen molar-refractivity contribution in [1.29, 1.82) is 0 Å². The molecule has 0 saturated carbocycles. The van der Waals surface area contributed by atoms with Crippen molar-refractivity contribution in [2.24, 2.45) is 7.05 Å². The smallest absolute Gasteiger partial charge is 0.252 e. The zero-order valence-electron chi connectivity index (χ0n) is 14.2. The predicted molar refractivity (Wildman–Crippen MR) is 88.5 cm³/mol. The van der Waals surface area contributed by atoms with E-state index in [2.05, 4.69) is 25.5 Å². The molecule has 0 aliphatic carbocycles. The van der Waals surface area contributed by atoms with E-state index in [1.165, 1.54) is 0 Å². The van der Waals surface area contributed by atoms with Gasteiger partial charge in [-0.2, -0.15) is 10.1 Å². The molecule has 0 radical (unpaired) electrons. The van der Waals surface area contributed by atoms with Crippen LogP contribution in [0.5, 0.6) is 0 Å². The van der Waals surface area contributed by atoms with Crippen molar-refractivity contribution < 1.29 is 14.1 Å². The number of anilines is 1. The van der Waals surface area contributed by atoms with Crippen molar-refractivity contribution >= 4 is 11.6 Å². The summed E-state index contributed by atoms with van der Waals surface area (Å²) in [7, 11) is 1.82. The summed E-state index contributed by atoms with van der Waals surface area (Å²) in [4.78, 5) is 20.1. The Morgan fingerprint density at radius 1 is 1.32 bits per heavy atom. The average molecular weight is 342 g/mol. The van der Waals surface area contributed by atoms with E-state index in [0.717, 1.165) is 17.0 Å². The van der Waals surface area contributed by atoms with E-state index in [-0.39, 0.29) is 19.1 Å². The lowest BCUT2D eigenvalue weighted by molar-refractivity contribution is -0.121. The van der Waals surface area contributed by atoms with Crippen LogP contribution in [0.4, 0.5) is 5.69 Å². The number of hydrogen-bond acceptors (Lipinski definition) is 7. The molecule has 0 bridgehead atoms. The quantitative estimate of drug-likeness (QED) is 0.725. The number of hydrogen-bond donors (Lipinski definition) is 1. The van der Waals surface area contributed by atoms with E-state index in [4.69, 9.17) is 9.26 Å². The van der Waals surface area contributed by atoms with E-state index in [9.17, 15) is 4.79 Å². The van der Waals surface area contributed by atoms with E-state index < -0.39 is 0 Å². The van der Waals surface area contributed by atoms with Crippen LogP contribution in [0, 0.1) is 13.8 Å². The van der Waals surface area contributed by atoms with Crippen LogP contribution >= 0.6 is 0 Å². The van der Waals surface area contributed by atoms with Gasteiger partial charge in [-0.1, -0.05) is 5.16 Å². The molecule has 0 fully saturated rings. The third-order valence-corrected chi connectivity index (χ3v) is 3.64. The topological polar surface area (TPSA) is 108 Å². The van der Waals surface area contributed by atoms with E-state index >= 15 is 0 Å². The van der Waals surface area contributed by atoms with Gasteiger partial charge in [-0.05, 0) is 26.0 Å². The first kappa shape index (κ1) is 16.8. The van der Waals surface area contributed by atoms with Gasteiger partial charge in [0.05, 0.1) is 17.1 Å².